The number of aliphatic hydroxyl groups excluding tert-OH is 1. The molecule has 0 amide bonds. The Bertz CT molecular complexity index is 373. The average Bonchev–Trinajstić information content (AvgIpc) is 2.34. The van der Waals surface area contributed by atoms with Crippen molar-refractivity contribution < 1.29 is 5.11 Å². The lowest BCUT2D eigenvalue weighted by atomic mass is 10.1. The summed E-state index contributed by atoms with van der Waals surface area (Å²) in [6, 6.07) is 10.9. The summed E-state index contributed by atoms with van der Waals surface area (Å²) in [5.74, 6) is 0. The molecule has 1 fully saturated rings. The minimum Gasteiger partial charge on any atom is -0.392 e. The minimum atomic E-state index is -0.769. The van der Waals surface area contributed by atoms with E-state index in [1.807, 2.05) is 6.08 Å². The first-order chi connectivity index (χ1) is 8.22. The highest BCUT2D eigenvalue weighted by molar-refractivity contribution is 7.74. The van der Waals surface area contributed by atoms with Crippen LogP contribution in [0.5, 0.6) is 0 Å². The van der Waals surface area contributed by atoms with Gasteiger partial charge in [0.2, 0.25) is 0 Å². The molecule has 1 aliphatic rings. The van der Waals surface area contributed by atoms with Crippen molar-refractivity contribution >= 4 is 7.26 Å². The lowest BCUT2D eigenvalue weighted by Crippen LogP contribution is -2.13. The predicted molar refractivity (Wildman–Crippen MR) is 77.1 cm³/mol. The number of benzene rings is 1. The Morgan fingerprint density at radius 3 is 2.41 bits per heavy atom. The lowest BCUT2D eigenvalue weighted by molar-refractivity contribution is 0.341. The molecule has 1 aliphatic heterocycles. The summed E-state index contributed by atoms with van der Waals surface area (Å²) in [4.78, 5) is 0. The molecule has 1 aromatic rings. The molecule has 1 heterocycles. The van der Waals surface area contributed by atoms with Crippen molar-refractivity contribution in [2.75, 3.05) is 25.6 Å². The minimum absolute atomic E-state index is 0.211. The van der Waals surface area contributed by atoms with Crippen LogP contribution in [0.1, 0.15) is 18.4 Å². The summed E-state index contributed by atoms with van der Waals surface area (Å²) in [7, 11) is -0.769. The van der Waals surface area contributed by atoms with Crippen molar-refractivity contribution in [1.82, 2.24) is 0 Å². The quantitative estimate of drug-likeness (QED) is 0.641. The van der Waals surface area contributed by atoms with Gasteiger partial charge in [0.25, 0.3) is 0 Å². The molecule has 2 heteroatoms. The Balaban J connectivity index is 1.96. The third kappa shape index (κ3) is 3.66. The Kier molecular flexibility index (Phi) is 4.36. The van der Waals surface area contributed by atoms with Crippen molar-refractivity contribution in [3.8, 4) is 0 Å². The van der Waals surface area contributed by atoms with E-state index in [2.05, 4.69) is 37.0 Å². The summed E-state index contributed by atoms with van der Waals surface area (Å²) in [6.45, 7) is 2.72. The average molecular weight is 249 g/mol. The first-order valence-corrected chi connectivity index (χ1v) is 9.17. The number of allylic oxidation sites excluding steroid dienone is 1. The second kappa shape index (κ2) is 5.80. The maximum atomic E-state index is 8.92. The smallest absolute Gasteiger partial charge is 0.0840 e. The first-order valence-electron chi connectivity index (χ1n) is 6.38. The highest BCUT2D eigenvalue weighted by Gasteiger charge is 2.34. The van der Waals surface area contributed by atoms with Gasteiger partial charge in [-0.05, 0) is 5.56 Å². The molecule has 0 saturated carbocycles. The normalized spacial score (nSPS) is 24.7. The number of hydrogen-bond acceptors (Lipinski definition) is 1. The summed E-state index contributed by atoms with van der Waals surface area (Å²) < 4.78 is 0. The SMILES string of the molecule is C[P+]1(Cc2ccccc2)CCC(=CCO)CC1. The van der Waals surface area contributed by atoms with Gasteiger partial charge in [0, 0.05) is 26.8 Å². The Hall–Kier alpha value is -0.650. The van der Waals surface area contributed by atoms with Crippen LogP contribution >= 0.6 is 7.26 Å². The van der Waals surface area contributed by atoms with Crippen LogP contribution in [0, 0.1) is 0 Å². The molecular weight excluding hydrogens is 227 g/mol. The van der Waals surface area contributed by atoms with Gasteiger partial charge in [-0.2, -0.15) is 0 Å². The summed E-state index contributed by atoms with van der Waals surface area (Å²) in [5, 5.41) is 8.92. The van der Waals surface area contributed by atoms with Crippen LogP contribution in [0.25, 0.3) is 0 Å². The van der Waals surface area contributed by atoms with Gasteiger partial charge < -0.3 is 5.11 Å². The first kappa shape index (κ1) is 12.8. The number of hydrogen-bond donors (Lipinski definition) is 1. The molecule has 2 rings (SSSR count). The van der Waals surface area contributed by atoms with E-state index < -0.39 is 7.26 Å². The topological polar surface area (TPSA) is 20.2 Å². The molecular formula is C15H22OP+. The van der Waals surface area contributed by atoms with Crippen molar-refractivity contribution in [2.45, 2.75) is 19.0 Å². The van der Waals surface area contributed by atoms with Gasteiger partial charge in [-0.3, -0.25) is 0 Å². The molecule has 0 radical (unpaired) electrons. The lowest BCUT2D eigenvalue weighted by Gasteiger charge is -2.28. The van der Waals surface area contributed by atoms with Crippen LogP contribution in [0.2, 0.25) is 0 Å². The van der Waals surface area contributed by atoms with Crippen LogP contribution < -0.4 is 0 Å². The van der Waals surface area contributed by atoms with Crippen molar-refractivity contribution in [1.29, 1.82) is 0 Å². The van der Waals surface area contributed by atoms with E-state index in [0.29, 0.717) is 0 Å². The zero-order chi connectivity index (χ0) is 12.1. The van der Waals surface area contributed by atoms with E-state index in [1.165, 1.54) is 42.5 Å². The molecule has 0 bridgehead atoms. The fraction of sp³-hybridized carbons (Fsp3) is 0.467. The molecule has 92 valence electrons. The standard InChI is InChI=1S/C15H22OP/c1-17(13-15-5-3-2-4-6-15)11-8-14(7-10-16)9-12-17/h2-7,16H,8-13H2,1H3/q+1. The Labute approximate surface area is 105 Å². The fourth-order valence-electron chi connectivity index (χ4n) is 2.58. The molecule has 1 aromatic carbocycles. The zero-order valence-corrected chi connectivity index (χ0v) is 11.5. The molecule has 0 atom stereocenters. The van der Waals surface area contributed by atoms with Gasteiger partial charge >= 0.3 is 0 Å². The molecule has 0 spiro atoms. The molecule has 0 aromatic heterocycles. The number of aliphatic hydroxyl groups is 1. The van der Waals surface area contributed by atoms with E-state index in [1.54, 1.807) is 0 Å². The molecule has 1 nitrogen and oxygen atoms in total. The predicted octanol–water partition coefficient (Wildman–Crippen LogP) is 3.55. The second-order valence-electron chi connectivity index (χ2n) is 5.26. The molecule has 17 heavy (non-hydrogen) atoms. The molecule has 1 saturated heterocycles. The van der Waals surface area contributed by atoms with Gasteiger partial charge in [-0.1, -0.05) is 42.0 Å². The maximum absolute atomic E-state index is 8.92. The fourth-order valence-corrected chi connectivity index (χ4v) is 5.87. The second-order valence-corrected chi connectivity index (χ2v) is 9.71. The highest BCUT2D eigenvalue weighted by Crippen LogP contribution is 2.62. The van der Waals surface area contributed by atoms with Gasteiger partial charge in [-0.15, -0.1) is 0 Å². The van der Waals surface area contributed by atoms with E-state index >= 15 is 0 Å². The van der Waals surface area contributed by atoms with E-state index in [4.69, 9.17) is 5.11 Å². The van der Waals surface area contributed by atoms with Crippen molar-refractivity contribution in [3.05, 3.63) is 47.5 Å². The third-order valence-corrected chi connectivity index (χ3v) is 7.47. The van der Waals surface area contributed by atoms with Gasteiger partial charge in [0.15, 0.2) is 0 Å². The molecule has 1 N–H and O–H groups in total. The van der Waals surface area contributed by atoms with Gasteiger partial charge in [-0.25, -0.2) is 0 Å². The van der Waals surface area contributed by atoms with Crippen LogP contribution in [0.15, 0.2) is 42.0 Å². The molecule has 0 unspecified atom stereocenters. The zero-order valence-electron chi connectivity index (χ0n) is 10.6. The summed E-state index contributed by atoms with van der Waals surface area (Å²) in [6.07, 6.45) is 8.42. The largest absolute Gasteiger partial charge is 0.392 e. The van der Waals surface area contributed by atoms with Crippen molar-refractivity contribution in [2.24, 2.45) is 0 Å². The van der Waals surface area contributed by atoms with E-state index in [0.717, 1.165) is 0 Å². The van der Waals surface area contributed by atoms with Crippen molar-refractivity contribution in [3.63, 3.8) is 0 Å². The van der Waals surface area contributed by atoms with E-state index in [9.17, 15) is 0 Å². The highest BCUT2D eigenvalue weighted by atomic mass is 31.2. The summed E-state index contributed by atoms with van der Waals surface area (Å²) >= 11 is 0. The maximum Gasteiger partial charge on any atom is 0.0840 e. The van der Waals surface area contributed by atoms with Crippen LogP contribution in [0.4, 0.5) is 0 Å². The Morgan fingerprint density at radius 2 is 1.82 bits per heavy atom. The Morgan fingerprint density at radius 1 is 1.18 bits per heavy atom. The summed E-state index contributed by atoms with van der Waals surface area (Å²) in [5.41, 5.74) is 2.97. The molecule has 0 aliphatic carbocycles. The van der Waals surface area contributed by atoms with Crippen LogP contribution in [-0.2, 0) is 6.16 Å². The van der Waals surface area contributed by atoms with Crippen LogP contribution in [-0.4, -0.2) is 30.7 Å². The van der Waals surface area contributed by atoms with Gasteiger partial charge in [0.1, 0.15) is 0 Å². The monoisotopic (exact) mass is 249 g/mol. The van der Waals surface area contributed by atoms with Crippen LogP contribution in [0.3, 0.4) is 0 Å². The van der Waals surface area contributed by atoms with Gasteiger partial charge in [0.05, 0.1) is 25.1 Å². The van der Waals surface area contributed by atoms with E-state index in [-0.39, 0.29) is 6.61 Å². The third-order valence-electron chi connectivity index (χ3n) is 3.73. The number of rotatable bonds is 3.